The molecule has 0 fully saturated rings. The van der Waals surface area contributed by atoms with Gasteiger partial charge in [-0.1, -0.05) is 50.1 Å². The maximum absolute atomic E-state index is 11.5. The molecule has 0 spiro atoms. The molecule has 1 atom stereocenters. The summed E-state index contributed by atoms with van der Waals surface area (Å²) in [4.78, 5) is 11.5. The summed E-state index contributed by atoms with van der Waals surface area (Å²) in [7, 11) is 0. The van der Waals surface area contributed by atoms with Gasteiger partial charge in [-0.2, -0.15) is 0 Å². The molecule has 14 heavy (non-hydrogen) atoms. The molecule has 1 rings (SSSR count). The molecule has 0 amide bonds. The Kier molecular flexibility index (Phi) is 4.37. The number of ketones is 1. The van der Waals surface area contributed by atoms with Crippen molar-refractivity contribution >= 4 is 5.78 Å². The zero-order chi connectivity index (χ0) is 10.4. The van der Waals surface area contributed by atoms with Crippen molar-refractivity contribution in [1.82, 2.24) is 0 Å². The minimum atomic E-state index is 0.108. The van der Waals surface area contributed by atoms with Crippen molar-refractivity contribution < 1.29 is 4.79 Å². The SMILES string of the molecule is CCCC[C@H](C(C)=O)c1ccccc1. The van der Waals surface area contributed by atoms with Crippen LogP contribution >= 0.6 is 0 Å². The highest BCUT2D eigenvalue weighted by atomic mass is 16.1. The van der Waals surface area contributed by atoms with Crippen molar-refractivity contribution in [2.75, 3.05) is 0 Å². The summed E-state index contributed by atoms with van der Waals surface area (Å²) in [6.07, 6.45) is 3.26. The van der Waals surface area contributed by atoms with Crippen LogP contribution in [0, 0.1) is 0 Å². The van der Waals surface area contributed by atoms with Crippen LogP contribution in [0.15, 0.2) is 30.3 Å². The maximum atomic E-state index is 11.5. The summed E-state index contributed by atoms with van der Waals surface area (Å²) in [5.74, 6) is 0.390. The molecule has 0 saturated heterocycles. The molecule has 1 aromatic rings. The van der Waals surface area contributed by atoms with E-state index in [0.717, 1.165) is 24.8 Å². The van der Waals surface area contributed by atoms with E-state index >= 15 is 0 Å². The van der Waals surface area contributed by atoms with Gasteiger partial charge in [-0.15, -0.1) is 0 Å². The molecule has 0 N–H and O–H groups in total. The summed E-state index contributed by atoms with van der Waals surface area (Å²) in [5.41, 5.74) is 1.16. The number of hydrogen-bond donors (Lipinski definition) is 0. The second kappa shape index (κ2) is 5.58. The molecule has 0 radical (unpaired) electrons. The minimum absolute atomic E-state index is 0.108. The van der Waals surface area contributed by atoms with Crippen LogP contribution in [0.4, 0.5) is 0 Å². The highest BCUT2D eigenvalue weighted by molar-refractivity contribution is 5.83. The quantitative estimate of drug-likeness (QED) is 0.694. The molecule has 0 heterocycles. The van der Waals surface area contributed by atoms with Gasteiger partial charge in [-0.3, -0.25) is 4.79 Å². The summed E-state index contributed by atoms with van der Waals surface area (Å²) in [5, 5.41) is 0. The fourth-order valence-electron chi connectivity index (χ4n) is 1.70. The normalized spacial score (nSPS) is 12.4. The first-order valence-corrected chi connectivity index (χ1v) is 5.31. The van der Waals surface area contributed by atoms with Crippen LogP contribution < -0.4 is 0 Å². The average Bonchev–Trinajstić information content (AvgIpc) is 2.19. The molecule has 0 saturated carbocycles. The van der Waals surface area contributed by atoms with E-state index in [2.05, 4.69) is 6.92 Å². The van der Waals surface area contributed by atoms with E-state index in [1.54, 1.807) is 6.92 Å². The Morgan fingerprint density at radius 1 is 1.29 bits per heavy atom. The van der Waals surface area contributed by atoms with E-state index < -0.39 is 0 Å². The molecule has 0 unspecified atom stereocenters. The molecule has 0 aliphatic heterocycles. The standard InChI is InChI=1S/C13H18O/c1-3-4-10-13(11(2)14)12-8-6-5-7-9-12/h5-9,13H,3-4,10H2,1-2H3/t13-/m1/s1. The Labute approximate surface area is 86.1 Å². The van der Waals surface area contributed by atoms with Crippen LogP contribution in [0.25, 0.3) is 0 Å². The van der Waals surface area contributed by atoms with Crippen molar-refractivity contribution in [2.24, 2.45) is 0 Å². The van der Waals surface area contributed by atoms with Crippen LogP contribution in [-0.2, 0) is 4.79 Å². The minimum Gasteiger partial charge on any atom is -0.299 e. The fraction of sp³-hybridized carbons (Fsp3) is 0.462. The highest BCUT2D eigenvalue weighted by Crippen LogP contribution is 2.22. The topological polar surface area (TPSA) is 17.1 Å². The van der Waals surface area contributed by atoms with E-state index in [9.17, 15) is 4.79 Å². The Hall–Kier alpha value is -1.11. The molecule has 76 valence electrons. The molecular formula is C13H18O. The zero-order valence-electron chi connectivity index (χ0n) is 8.99. The molecule has 1 nitrogen and oxygen atoms in total. The van der Waals surface area contributed by atoms with Gasteiger partial charge in [0.05, 0.1) is 0 Å². The lowest BCUT2D eigenvalue weighted by atomic mass is 9.90. The second-order valence-electron chi connectivity index (χ2n) is 3.72. The number of carbonyl (C=O) groups excluding carboxylic acids is 1. The number of hydrogen-bond acceptors (Lipinski definition) is 1. The van der Waals surface area contributed by atoms with Crippen molar-refractivity contribution in [3.05, 3.63) is 35.9 Å². The van der Waals surface area contributed by atoms with Gasteiger partial charge in [-0.25, -0.2) is 0 Å². The van der Waals surface area contributed by atoms with E-state index in [1.807, 2.05) is 30.3 Å². The second-order valence-corrected chi connectivity index (χ2v) is 3.72. The van der Waals surface area contributed by atoms with Crippen LogP contribution in [0.2, 0.25) is 0 Å². The number of Topliss-reactive ketones (excluding diaryl/α,β-unsaturated/α-hetero) is 1. The van der Waals surface area contributed by atoms with Crippen LogP contribution in [-0.4, -0.2) is 5.78 Å². The molecule has 0 bridgehead atoms. The van der Waals surface area contributed by atoms with Gasteiger partial charge in [-0.05, 0) is 18.9 Å². The lowest BCUT2D eigenvalue weighted by Crippen LogP contribution is -2.08. The highest BCUT2D eigenvalue weighted by Gasteiger charge is 2.14. The summed E-state index contributed by atoms with van der Waals surface area (Å²) in [6.45, 7) is 3.84. The van der Waals surface area contributed by atoms with E-state index in [4.69, 9.17) is 0 Å². The summed E-state index contributed by atoms with van der Waals surface area (Å²) in [6, 6.07) is 10.1. The molecule has 0 aromatic heterocycles. The molecular weight excluding hydrogens is 172 g/mol. The molecule has 0 aliphatic carbocycles. The number of carbonyl (C=O) groups is 1. The Morgan fingerprint density at radius 2 is 1.93 bits per heavy atom. The number of unbranched alkanes of at least 4 members (excludes halogenated alkanes) is 1. The van der Waals surface area contributed by atoms with Crippen molar-refractivity contribution in [3.63, 3.8) is 0 Å². The number of rotatable bonds is 5. The predicted molar refractivity (Wildman–Crippen MR) is 59.4 cm³/mol. The first-order valence-electron chi connectivity index (χ1n) is 5.31. The predicted octanol–water partition coefficient (Wildman–Crippen LogP) is 3.55. The molecule has 0 aliphatic rings. The summed E-state index contributed by atoms with van der Waals surface area (Å²) >= 11 is 0. The average molecular weight is 190 g/mol. The number of benzene rings is 1. The van der Waals surface area contributed by atoms with Crippen molar-refractivity contribution in [1.29, 1.82) is 0 Å². The van der Waals surface area contributed by atoms with E-state index in [-0.39, 0.29) is 11.7 Å². The molecule has 1 heteroatoms. The fourth-order valence-corrected chi connectivity index (χ4v) is 1.70. The summed E-state index contributed by atoms with van der Waals surface area (Å²) < 4.78 is 0. The lowest BCUT2D eigenvalue weighted by molar-refractivity contribution is -0.118. The third-order valence-corrected chi connectivity index (χ3v) is 2.54. The van der Waals surface area contributed by atoms with Crippen LogP contribution in [0.1, 0.15) is 44.6 Å². The first-order chi connectivity index (χ1) is 6.75. The largest absolute Gasteiger partial charge is 0.299 e. The first kappa shape index (κ1) is 11.0. The zero-order valence-corrected chi connectivity index (χ0v) is 8.99. The lowest BCUT2D eigenvalue weighted by Gasteiger charge is -2.13. The monoisotopic (exact) mass is 190 g/mol. The Morgan fingerprint density at radius 3 is 2.43 bits per heavy atom. The van der Waals surface area contributed by atoms with Crippen molar-refractivity contribution in [2.45, 2.75) is 39.0 Å². The van der Waals surface area contributed by atoms with Gasteiger partial charge in [0.1, 0.15) is 5.78 Å². The van der Waals surface area contributed by atoms with Crippen LogP contribution in [0.3, 0.4) is 0 Å². The smallest absolute Gasteiger partial charge is 0.137 e. The van der Waals surface area contributed by atoms with Gasteiger partial charge in [0.2, 0.25) is 0 Å². The van der Waals surface area contributed by atoms with E-state index in [1.165, 1.54) is 0 Å². The maximum Gasteiger partial charge on any atom is 0.137 e. The van der Waals surface area contributed by atoms with Gasteiger partial charge in [0, 0.05) is 5.92 Å². The van der Waals surface area contributed by atoms with Crippen LogP contribution in [0.5, 0.6) is 0 Å². The third-order valence-electron chi connectivity index (χ3n) is 2.54. The third kappa shape index (κ3) is 2.99. The van der Waals surface area contributed by atoms with Gasteiger partial charge >= 0.3 is 0 Å². The Bertz CT molecular complexity index is 277. The van der Waals surface area contributed by atoms with Crippen molar-refractivity contribution in [3.8, 4) is 0 Å². The van der Waals surface area contributed by atoms with E-state index in [0.29, 0.717) is 0 Å². The van der Waals surface area contributed by atoms with Gasteiger partial charge < -0.3 is 0 Å². The van der Waals surface area contributed by atoms with Gasteiger partial charge in [0.25, 0.3) is 0 Å². The Balaban J connectivity index is 2.73. The van der Waals surface area contributed by atoms with Gasteiger partial charge in [0.15, 0.2) is 0 Å². The molecule has 1 aromatic carbocycles.